The fourth-order valence-electron chi connectivity index (χ4n) is 4.98. The van der Waals surface area contributed by atoms with Crippen molar-refractivity contribution in [1.82, 2.24) is 5.32 Å². The van der Waals surface area contributed by atoms with E-state index in [1.807, 2.05) is 0 Å². The maximum absolute atomic E-state index is 13.1. The summed E-state index contributed by atoms with van der Waals surface area (Å²) in [6.07, 6.45) is 7.33. The van der Waals surface area contributed by atoms with E-state index in [1.54, 1.807) is 0 Å². The molecule has 2 aliphatic carbocycles. The zero-order valence-electron chi connectivity index (χ0n) is 15.6. The number of hydrogen-bond acceptors (Lipinski definition) is 1. The first kappa shape index (κ1) is 16.6. The van der Waals surface area contributed by atoms with E-state index >= 15 is 0 Å². The van der Waals surface area contributed by atoms with Crippen molar-refractivity contribution in [3.05, 3.63) is 71.3 Å². The zero-order chi connectivity index (χ0) is 18.2. The smallest absolute Gasteiger partial charge is 0.251 e. The molecule has 1 N–H and O–H groups in total. The molecule has 0 unspecified atom stereocenters. The molecule has 3 aromatic carbocycles. The normalized spacial score (nSPS) is 15.7. The third-order valence-corrected chi connectivity index (χ3v) is 6.37. The summed E-state index contributed by atoms with van der Waals surface area (Å²) in [6.45, 7) is 0.790. The molecular weight excluding hydrogens is 330 g/mol. The van der Waals surface area contributed by atoms with Gasteiger partial charge in [-0.15, -0.1) is 0 Å². The molecule has 2 heteroatoms. The van der Waals surface area contributed by atoms with E-state index in [0.717, 1.165) is 36.3 Å². The van der Waals surface area contributed by atoms with Gasteiger partial charge in [-0.2, -0.15) is 0 Å². The highest BCUT2D eigenvalue weighted by Gasteiger charge is 2.26. The highest BCUT2D eigenvalue weighted by molar-refractivity contribution is 6.09. The molecule has 0 heterocycles. The van der Waals surface area contributed by atoms with E-state index < -0.39 is 0 Å². The Morgan fingerprint density at radius 2 is 1.78 bits per heavy atom. The quantitative estimate of drug-likeness (QED) is 0.498. The van der Waals surface area contributed by atoms with E-state index in [-0.39, 0.29) is 5.91 Å². The van der Waals surface area contributed by atoms with Crippen molar-refractivity contribution < 1.29 is 4.79 Å². The number of amides is 1. The minimum atomic E-state index is 0.0859. The van der Waals surface area contributed by atoms with Gasteiger partial charge in [0.25, 0.3) is 5.91 Å². The number of fused-ring (bicyclic) bond motifs is 5. The summed E-state index contributed by atoms with van der Waals surface area (Å²) in [6, 6.07) is 19.1. The lowest BCUT2D eigenvalue weighted by Crippen LogP contribution is -2.26. The first-order valence-electron chi connectivity index (χ1n) is 10.2. The van der Waals surface area contributed by atoms with Crippen LogP contribution in [0.2, 0.25) is 0 Å². The SMILES string of the molecule is O=C(NCCC1CCCC1)c1cc2ccccc2c2c1Cc1ccccc1-2. The Morgan fingerprint density at radius 1 is 1.00 bits per heavy atom. The van der Waals surface area contributed by atoms with Gasteiger partial charge in [0.05, 0.1) is 0 Å². The van der Waals surface area contributed by atoms with Crippen LogP contribution in [0.3, 0.4) is 0 Å². The zero-order valence-corrected chi connectivity index (χ0v) is 15.6. The van der Waals surface area contributed by atoms with Crippen LogP contribution in [0.5, 0.6) is 0 Å². The van der Waals surface area contributed by atoms with E-state index in [4.69, 9.17) is 0 Å². The van der Waals surface area contributed by atoms with Crippen molar-refractivity contribution >= 4 is 16.7 Å². The standard InChI is InChI=1S/C25H25NO/c27-25(26-14-13-17-7-1-2-8-17)23-16-19-10-4-6-12-21(19)24-20-11-5-3-9-18(20)15-22(23)24/h3-6,9-12,16-17H,1-2,7-8,13-15H2,(H,26,27). The minimum Gasteiger partial charge on any atom is -0.352 e. The minimum absolute atomic E-state index is 0.0859. The molecule has 0 saturated heterocycles. The maximum Gasteiger partial charge on any atom is 0.251 e. The molecular formula is C25H25NO. The highest BCUT2D eigenvalue weighted by Crippen LogP contribution is 2.43. The average Bonchev–Trinajstić information content (AvgIpc) is 3.35. The average molecular weight is 355 g/mol. The first-order valence-corrected chi connectivity index (χ1v) is 10.2. The second-order valence-electron chi connectivity index (χ2n) is 8.03. The Balaban J connectivity index is 1.50. The van der Waals surface area contributed by atoms with Crippen molar-refractivity contribution in [1.29, 1.82) is 0 Å². The third-order valence-electron chi connectivity index (χ3n) is 6.37. The fourth-order valence-corrected chi connectivity index (χ4v) is 4.98. The van der Waals surface area contributed by atoms with Gasteiger partial charge in [-0.05, 0) is 57.9 Å². The molecule has 1 saturated carbocycles. The van der Waals surface area contributed by atoms with E-state index in [2.05, 4.69) is 59.9 Å². The highest BCUT2D eigenvalue weighted by atomic mass is 16.1. The Labute approximate surface area is 160 Å². The molecule has 27 heavy (non-hydrogen) atoms. The van der Waals surface area contributed by atoms with Gasteiger partial charge < -0.3 is 5.32 Å². The summed E-state index contributed by atoms with van der Waals surface area (Å²) in [5.41, 5.74) is 5.90. The number of carbonyl (C=O) groups is 1. The topological polar surface area (TPSA) is 29.1 Å². The van der Waals surface area contributed by atoms with Crippen LogP contribution < -0.4 is 5.32 Å². The van der Waals surface area contributed by atoms with Crippen LogP contribution >= 0.6 is 0 Å². The van der Waals surface area contributed by atoms with Gasteiger partial charge in [0.1, 0.15) is 0 Å². The predicted molar refractivity (Wildman–Crippen MR) is 111 cm³/mol. The summed E-state index contributed by atoms with van der Waals surface area (Å²) in [4.78, 5) is 13.1. The lowest BCUT2D eigenvalue weighted by molar-refractivity contribution is 0.0951. The number of benzene rings is 3. The summed E-state index contributed by atoms with van der Waals surface area (Å²) >= 11 is 0. The largest absolute Gasteiger partial charge is 0.352 e. The third kappa shape index (κ3) is 2.93. The molecule has 136 valence electrons. The second-order valence-corrected chi connectivity index (χ2v) is 8.03. The molecule has 3 aromatic rings. The summed E-state index contributed by atoms with van der Waals surface area (Å²) < 4.78 is 0. The van der Waals surface area contributed by atoms with Crippen LogP contribution in [-0.2, 0) is 6.42 Å². The summed E-state index contributed by atoms with van der Waals surface area (Å²) in [7, 11) is 0. The number of nitrogens with one attached hydrogen (secondary N) is 1. The molecule has 1 fully saturated rings. The molecule has 0 atom stereocenters. The molecule has 2 aliphatic rings. The van der Waals surface area contributed by atoms with Gasteiger partial charge in [0, 0.05) is 12.1 Å². The van der Waals surface area contributed by atoms with Crippen molar-refractivity contribution in [2.75, 3.05) is 6.54 Å². The van der Waals surface area contributed by atoms with Crippen molar-refractivity contribution in [3.63, 3.8) is 0 Å². The number of carbonyl (C=O) groups excluding carboxylic acids is 1. The Morgan fingerprint density at radius 3 is 2.67 bits per heavy atom. The number of hydrogen-bond donors (Lipinski definition) is 1. The van der Waals surface area contributed by atoms with Crippen LogP contribution in [-0.4, -0.2) is 12.5 Å². The van der Waals surface area contributed by atoms with E-state index in [1.165, 1.54) is 53.3 Å². The van der Waals surface area contributed by atoms with Gasteiger partial charge in [0.15, 0.2) is 0 Å². The molecule has 5 rings (SSSR count). The van der Waals surface area contributed by atoms with Crippen LogP contribution in [0.1, 0.15) is 53.6 Å². The lowest BCUT2D eigenvalue weighted by atomic mass is 9.93. The van der Waals surface area contributed by atoms with Crippen LogP contribution in [0, 0.1) is 5.92 Å². The monoisotopic (exact) mass is 355 g/mol. The van der Waals surface area contributed by atoms with E-state index in [0.29, 0.717) is 0 Å². The fraction of sp³-hybridized carbons (Fsp3) is 0.320. The van der Waals surface area contributed by atoms with Crippen molar-refractivity contribution in [2.45, 2.75) is 38.5 Å². The lowest BCUT2D eigenvalue weighted by Gasteiger charge is -2.14. The molecule has 0 bridgehead atoms. The molecule has 0 aromatic heterocycles. The van der Waals surface area contributed by atoms with Gasteiger partial charge in [-0.3, -0.25) is 4.79 Å². The Kier molecular flexibility index (Phi) is 4.20. The molecule has 0 radical (unpaired) electrons. The predicted octanol–water partition coefficient (Wildman–Crippen LogP) is 5.72. The second kappa shape index (κ2) is 6.84. The van der Waals surface area contributed by atoms with Gasteiger partial charge >= 0.3 is 0 Å². The van der Waals surface area contributed by atoms with Crippen LogP contribution in [0.4, 0.5) is 0 Å². The van der Waals surface area contributed by atoms with E-state index in [9.17, 15) is 4.79 Å². The Bertz CT molecular complexity index is 1010. The van der Waals surface area contributed by atoms with Crippen LogP contribution in [0.15, 0.2) is 54.6 Å². The van der Waals surface area contributed by atoms with Crippen molar-refractivity contribution in [2.24, 2.45) is 5.92 Å². The maximum atomic E-state index is 13.1. The Hall–Kier alpha value is -2.61. The number of rotatable bonds is 4. The van der Waals surface area contributed by atoms with Gasteiger partial charge in [-0.25, -0.2) is 0 Å². The summed E-state index contributed by atoms with van der Waals surface area (Å²) in [5, 5.41) is 5.61. The van der Waals surface area contributed by atoms with Gasteiger partial charge in [0.2, 0.25) is 0 Å². The molecule has 0 spiro atoms. The molecule has 0 aliphatic heterocycles. The molecule has 2 nitrogen and oxygen atoms in total. The van der Waals surface area contributed by atoms with Crippen molar-refractivity contribution in [3.8, 4) is 11.1 Å². The first-order chi connectivity index (χ1) is 13.3. The summed E-state index contributed by atoms with van der Waals surface area (Å²) in [5.74, 6) is 0.889. The van der Waals surface area contributed by atoms with Crippen LogP contribution in [0.25, 0.3) is 21.9 Å². The van der Waals surface area contributed by atoms with Gasteiger partial charge in [-0.1, -0.05) is 74.2 Å². The molecule has 1 amide bonds.